The molecule has 0 radical (unpaired) electrons. The van der Waals surface area contributed by atoms with Crippen molar-refractivity contribution < 1.29 is 14.6 Å². The smallest absolute Gasteiger partial charge is 0.314 e. The van der Waals surface area contributed by atoms with Gasteiger partial charge in [0.25, 0.3) is 0 Å². The molecule has 22 heavy (non-hydrogen) atoms. The summed E-state index contributed by atoms with van der Waals surface area (Å²) in [5.74, 6) is 1.21. The molecule has 1 aromatic carbocycles. The molecule has 1 aliphatic rings. The molecule has 5 nitrogen and oxygen atoms in total. The van der Waals surface area contributed by atoms with Gasteiger partial charge in [-0.25, -0.2) is 4.79 Å². The Morgan fingerprint density at radius 2 is 2.23 bits per heavy atom. The van der Waals surface area contributed by atoms with Crippen molar-refractivity contribution in [3.63, 3.8) is 0 Å². The maximum absolute atomic E-state index is 11.7. The van der Waals surface area contributed by atoms with E-state index in [4.69, 9.17) is 4.74 Å². The lowest BCUT2D eigenvalue weighted by atomic mass is 9.87. The van der Waals surface area contributed by atoms with Crippen molar-refractivity contribution in [2.24, 2.45) is 5.92 Å². The summed E-state index contributed by atoms with van der Waals surface area (Å²) in [4.78, 5) is 11.7. The SMILES string of the molecule is Cc1cccc(OCCNC(=O)NCC2CCCC(O)C2)c1. The fourth-order valence-corrected chi connectivity index (χ4v) is 2.79. The highest BCUT2D eigenvalue weighted by Crippen LogP contribution is 2.23. The Kier molecular flexibility index (Phi) is 6.52. The topological polar surface area (TPSA) is 70.6 Å². The molecule has 3 N–H and O–H groups in total. The number of hydrogen-bond acceptors (Lipinski definition) is 3. The number of amides is 2. The standard InChI is InChI=1S/C17H26N2O3/c1-13-4-2-7-16(10-13)22-9-8-18-17(21)19-12-14-5-3-6-15(20)11-14/h2,4,7,10,14-15,20H,3,5-6,8-9,11-12H2,1H3,(H2,18,19,21). The Labute approximate surface area is 132 Å². The van der Waals surface area contributed by atoms with Crippen molar-refractivity contribution in [1.29, 1.82) is 0 Å². The second-order valence-corrected chi connectivity index (χ2v) is 5.99. The average molecular weight is 306 g/mol. The number of carbonyl (C=O) groups is 1. The summed E-state index contributed by atoms with van der Waals surface area (Å²) in [7, 11) is 0. The van der Waals surface area contributed by atoms with Gasteiger partial charge in [-0.3, -0.25) is 0 Å². The van der Waals surface area contributed by atoms with E-state index in [1.54, 1.807) is 0 Å². The van der Waals surface area contributed by atoms with Crippen LogP contribution in [0.15, 0.2) is 24.3 Å². The van der Waals surface area contributed by atoms with Crippen LogP contribution in [0.5, 0.6) is 5.75 Å². The number of aryl methyl sites for hydroxylation is 1. The summed E-state index contributed by atoms with van der Waals surface area (Å²) in [5.41, 5.74) is 1.15. The third-order valence-corrected chi connectivity index (χ3v) is 3.95. The molecule has 0 aromatic heterocycles. The number of carbonyl (C=O) groups excluding carboxylic acids is 1. The van der Waals surface area contributed by atoms with Crippen LogP contribution in [0.2, 0.25) is 0 Å². The van der Waals surface area contributed by atoms with Crippen LogP contribution in [0.1, 0.15) is 31.2 Å². The van der Waals surface area contributed by atoms with Gasteiger partial charge in [0.2, 0.25) is 0 Å². The predicted octanol–water partition coefficient (Wildman–Crippen LogP) is 2.22. The van der Waals surface area contributed by atoms with Gasteiger partial charge in [-0.2, -0.15) is 0 Å². The number of aliphatic hydroxyl groups excluding tert-OH is 1. The molecule has 1 saturated carbocycles. The Hall–Kier alpha value is -1.75. The molecule has 122 valence electrons. The third kappa shape index (κ3) is 5.93. The number of benzene rings is 1. The number of nitrogens with one attached hydrogen (secondary N) is 2. The number of rotatable bonds is 6. The van der Waals surface area contributed by atoms with E-state index in [1.807, 2.05) is 31.2 Å². The molecule has 1 fully saturated rings. The Morgan fingerprint density at radius 1 is 1.36 bits per heavy atom. The molecule has 0 bridgehead atoms. The largest absolute Gasteiger partial charge is 0.492 e. The van der Waals surface area contributed by atoms with Crippen LogP contribution in [-0.4, -0.2) is 36.9 Å². The third-order valence-electron chi connectivity index (χ3n) is 3.95. The first-order valence-electron chi connectivity index (χ1n) is 8.02. The van der Waals surface area contributed by atoms with Crippen LogP contribution in [0.4, 0.5) is 4.79 Å². The second kappa shape index (κ2) is 8.63. The summed E-state index contributed by atoms with van der Waals surface area (Å²) in [6.45, 7) is 3.55. The zero-order chi connectivity index (χ0) is 15.8. The van der Waals surface area contributed by atoms with Gasteiger partial charge in [0, 0.05) is 6.54 Å². The van der Waals surface area contributed by atoms with E-state index in [-0.39, 0.29) is 12.1 Å². The van der Waals surface area contributed by atoms with Crippen LogP contribution in [0, 0.1) is 12.8 Å². The van der Waals surface area contributed by atoms with Gasteiger partial charge in [-0.05, 0) is 49.8 Å². The molecule has 0 heterocycles. The zero-order valence-corrected chi connectivity index (χ0v) is 13.2. The zero-order valence-electron chi connectivity index (χ0n) is 13.2. The van der Waals surface area contributed by atoms with Gasteiger partial charge < -0.3 is 20.5 Å². The van der Waals surface area contributed by atoms with E-state index in [0.717, 1.165) is 37.0 Å². The van der Waals surface area contributed by atoms with Gasteiger partial charge in [0.05, 0.1) is 12.6 Å². The minimum Gasteiger partial charge on any atom is -0.492 e. The first kappa shape index (κ1) is 16.6. The lowest BCUT2D eigenvalue weighted by Crippen LogP contribution is -2.41. The lowest BCUT2D eigenvalue weighted by molar-refractivity contribution is 0.101. The van der Waals surface area contributed by atoms with Crippen LogP contribution >= 0.6 is 0 Å². The van der Waals surface area contributed by atoms with Crippen molar-refractivity contribution in [1.82, 2.24) is 10.6 Å². The molecule has 0 saturated heterocycles. The van der Waals surface area contributed by atoms with Gasteiger partial charge >= 0.3 is 6.03 Å². The van der Waals surface area contributed by atoms with Crippen molar-refractivity contribution >= 4 is 6.03 Å². The molecule has 1 aliphatic carbocycles. The number of hydrogen-bond donors (Lipinski definition) is 3. The molecule has 2 amide bonds. The fourth-order valence-electron chi connectivity index (χ4n) is 2.79. The van der Waals surface area contributed by atoms with Crippen LogP contribution in [0.3, 0.4) is 0 Å². The number of ether oxygens (including phenoxy) is 1. The molecule has 0 aliphatic heterocycles. The molecular formula is C17H26N2O3. The molecule has 5 heteroatoms. The van der Waals surface area contributed by atoms with Gasteiger partial charge in [0.1, 0.15) is 12.4 Å². The Morgan fingerprint density at radius 3 is 3.00 bits per heavy atom. The van der Waals surface area contributed by atoms with E-state index < -0.39 is 0 Å². The van der Waals surface area contributed by atoms with Crippen LogP contribution in [0.25, 0.3) is 0 Å². The fraction of sp³-hybridized carbons (Fsp3) is 0.588. The lowest BCUT2D eigenvalue weighted by Gasteiger charge is -2.25. The van der Waals surface area contributed by atoms with Crippen molar-refractivity contribution in [3.8, 4) is 5.75 Å². The maximum atomic E-state index is 11.7. The maximum Gasteiger partial charge on any atom is 0.314 e. The number of urea groups is 1. The first-order valence-corrected chi connectivity index (χ1v) is 8.02. The van der Waals surface area contributed by atoms with Gasteiger partial charge in [-0.1, -0.05) is 18.6 Å². The summed E-state index contributed by atoms with van der Waals surface area (Å²) < 4.78 is 5.57. The first-order chi connectivity index (χ1) is 10.6. The molecular weight excluding hydrogens is 280 g/mol. The summed E-state index contributed by atoms with van der Waals surface area (Å²) in [5, 5.41) is 15.2. The summed E-state index contributed by atoms with van der Waals surface area (Å²) in [6, 6.07) is 7.66. The molecule has 1 aromatic rings. The molecule has 2 rings (SSSR count). The highest BCUT2D eigenvalue weighted by Gasteiger charge is 2.20. The monoisotopic (exact) mass is 306 g/mol. The van der Waals surface area contributed by atoms with E-state index in [0.29, 0.717) is 25.6 Å². The highest BCUT2D eigenvalue weighted by molar-refractivity contribution is 5.73. The van der Waals surface area contributed by atoms with Gasteiger partial charge in [-0.15, -0.1) is 0 Å². The predicted molar refractivity (Wildman–Crippen MR) is 86.0 cm³/mol. The van der Waals surface area contributed by atoms with Gasteiger partial charge in [0.15, 0.2) is 0 Å². The van der Waals surface area contributed by atoms with E-state index in [2.05, 4.69) is 10.6 Å². The molecule has 2 unspecified atom stereocenters. The van der Waals surface area contributed by atoms with Crippen LogP contribution in [-0.2, 0) is 0 Å². The molecule has 2 atom stereocenters. The van der Waals surface area contributed by atoms with E-state index in [9.17, 15) is 9.90 Å². The van der Waals surface area contributed by atoms with Crippen LogP contribution < -0.4 is 15.4 Å². The second-order valence-electron chi connectivity index (χ2n) is 5.99. The van der Waals surface area contributed by atoms with E-state index in [1.165, 1.54) is 0 Å². The Balaban J connectivity index is 1.56. The van der Waals surface area contributed by atoms with Crippen molar-refractivity contribution in [2.45, 2.75) is 38.7 Å². The molecule has 0 spiro atoms. The van der Waals surface area contributed by atoms with E-state index >= 15 is 0 Å². The van der Waals surface area contributed by atoms with Crippen molar-refractivity contribution in [2.75, 3.05) is 19.7 Å². The minimum atomic E-state index is -0.202. The number of aliphatic hydroxyl groups is 1. The summed E-state index contributed by atoms with van der Waals surface area (Å²) in [6.07, 6.45) is 3.59. The quantitative estimate of drug-likeness (QED) is 0.706. The normalized spacial score (nSPS) is 21.2. The van der Waals surface area contributed by atoms with Crippen molar-refractivity contribution in [3.05, 3.63) is 29.8 Å². The highest BCUT2D eigenvalue weighted by atomic mass is 16.5. The average Bonchev–Trinajstić information content (AvgIpc) is 2.50. The Bertz CT molecular complexity index is 479. The summed E-state index contributed by atoms with van der Waals surface area (Å²) >= 11 is 0. The minimum absolute atomic E-state index is 0.173.